The molecule has 2 nitrogen and oxygen atoms in total. The topological polar surface area (TPSA) is 37.3 Å². The van der Waals surface area contributed by atoms with Gasteiger partial charge in [-0.15, -0.1) is 0 Å². The Bertz CT molecular complexity index is 472. The minimum atomic E-state index is -0.838. The number of aryl methyl sites for hydroxylation is 1. The van der Waals surface area contributed by atoms with Gasteiger partial charge in [0.1, 0.15) is 0 Å². The van der Waals surface area contributed by atoms with E-state index in [1.807, 2.05) is 19.9 Å². The Labute approximate surface area is 108 Å². The van der Waals surface area contributed by atoms with Crippen molar-refractivity contribution in [3.05, 3.63) is 22.8 Å². The van der Waals surface area contributed by atoms with E-state index in [9.17, 15) is 4.79 Å². The highest BCUT2D eigenvalue weighted by Crippen LogP contribution is 2.15. The third kappa shape index (κ3) is 2.89. The van der Waals surface area contributed by atoms with Crippen LogP contribution in [0.2, 0.25) is 0 Å². The normalized spacial score (nSPS) is 10.9. The summed E-state index contributed by atoms with van der Waals surface area (Å²) in [4.78, 5) is 10.8. The highest BCUT2D eigenvalue weighted by Gasteiger charge is 2.13. The predicted octanol–water partition coefficient (Wildman–Crippen LogP) is 2.00. The van der Waals surface area contributed by atoms with Crippen molar-refractivity contribution >= 4 is 54.9 Å². The Hall–Kier alpha value is -0.270. The molecule has 6 heteroatoms. The molecular formula is C10H10O2P2S2. The first-order valence-electron chi connectivity index (χ1n) is 4.52. The highest BCUT2D eigenvalue weighted by molar-refractivity contribution is 8.02. The van der Waals surface area contributed by atoms with Crippen LogP contribution in [0.4, 0.5) is 0 Å². The van der Waals surface area contributed by atoms with Gasteiger partial charge in [-0.2, -0.15) is 0 Å². The second-order valence-corrected chi connectivity index (χ2v) is 5.78. The fourth-order valence-electron chi connectivity index (χ4n) is 1.47. The summed E-state index contributed by atoms with van der Waals surface area (Å²) in [6.07, 6.45) is 0.0119. The second kappa shape index (κ2) is 5.88. The summed E-state index contributed by atoms with van der Waals surface area (Å²) in [7, 11) is 1.40. The van der Waals surface area contributed by atoms with E-state index in [1.54, 1.807) is 0 Å². The molecule has 0 bridgehead atoms. The van der Waals surface area contributed by atoms with Gasteiger partial charge < -0.3 is 5.11 Å². The van der Waals surface area contributed by atoms with Crippen molar-refractivity contribution in [3.63, 3.8) is 0 Å². The van der Waals surface area contributed by atoms with E-state index < -0.39 is 5.97 Å². The molecule has 0 aromatic heterocycles. The average molecular weight is 288 g/mol. The van der Waals surface area contributed by atoms with Crippen molar-refractivity contribution in [2.75, 3.05) is 0 Å². The van der Waals surface area contributed by atoms with Crippen LogP contribution in [0, 0.1) is 13.8 Å². The molecule has 1 rings (SSSR count). The minimum absolute atomic E-state index is 0.0119. The maximum absolute atomic E-state index is 10.8. The number of hydrogen-bond donors (Lipinski definition) is 1. The first-order chi connectivity index (χ1) is 7.51. The van der Waals surface area contributed by atoms with Crippen LogP contribution in [0.5, 0.6) is 0 Å². The number of hydrogen-bond acceptors (Lipinski definition) is 3. The van der Waals surface area contributed by atoms with E-state index >= 15 is 0 Å². The quantitative estimate of drug-likeness (QED) is 0.860. The van der Waals surface area contributed by atoms with Gasteiger partial charge in [-0.1, -0.05) is 29.7 Å². The first-order valence-corrected chi connectivity index (χ1v) is 8.34. The molecule has 0 radical (unpaired) electrons. The van der Waals surface area contributed by atoms with Gasteiger partial charge in [0.15, 0.2) is 0 Å². The molecular weight excluding hydrogens is 278 g/mol. The van der Waals surface area contributed by atoms with Crippen molar-refractivity contribution in [2.24, 2.45) is 0 Å². The molecule has 16 heavy (non-hydrogen) atoms. The van der Waals surface area contributed by atoms with E-state index in [1.165, 1.54) is 0 Å². The molecule has 0 spiro atoms. The fraction of sp³-hybridized carbons (Fsp3) is 0.300. The third-order valence-corrected chi connectivity index (χ3v) is 5.10. The van der Waals surface area contributed by atoms with Crippen molar-refractivity contribution in [1.29, 1.82) is 0 Å². The number of rotatable bonds is 4. The van der Waals surface area contributed by atoms with Gasteiger partial charge >= 0.3 is 5.97 Å². The molecule has 0 atom stereocenters. The van der Waals surface area contributed by atoms with E-state index in [4.69, 9.17) is 28.7 Å². The summed E-state index contributed by atoms with van der Waals surface area (Å²) >= 11 is 10.1. The molecule has 0 heterocycles. The van der Waals surface area contributed by atoms with Crippen molar-refractivity contribution < 1.29 is 9.90 Å². The van der Waals surface area contributed by atoms with Gasteiger partial charge in [0, 0.05) is 25.3 Å². The summed E-state index contributed by atoms with van der Waals surface area (Å²) in [5, 5.41) is 10.7. The van der Waals surface area contributed by atoms with Crippen molar-refractivity contribution in [2.45, 2.75) is 20.3 Å². The smallest absolute Gasteiger partial charge is 0.307 e. The van der Waals surface area contributed by atoms with Gasteiger partial charge in [-0.25, -0.2) is 0 Å². The molecule has 0 unspecified atom stereocenters. The molecule has 84 valence electrons. The Balaban J connectivity index is 3.49. The zero-order valence-corrected chi connectivity index (χ0v) is 12.3. The molecule has 1 N–H and O–H groups in total. The van der Waals surface area contributed by atoms with Crippen LogP contribution in [0.1, 0.15) is 16.7 Å². The van der Waals surface area contributed by atoms with E-state index in [-0.39, 0.29) is 6.42 Å². The maximum Gasteiger partial charge on any atom is 0.307 e. The number of carboxylic acid groups (broad SMARTS) is 1. The minimum Gasteiger partial charge on any atom is -0.481 e. The van der Waals surface area contributed by atoms with E-state index in [2.05, 4.69) is 0 Å². The summed E-state index contributed by atoms with van der Waals surface area (Å²) in [6.45, 7) is 3.97. The summed E-state index contributed by atoms with van der Waals surface area (Å²) in [6, 6.07) is 1.90. The average Bonchev–Trinajstić information content (AvgIpc) is 2.21. The lowest BCUT2D eigenvalue weighted by Crippen LogP contribution is -2.23. The number of carbonyl (C=O) groups is 1. The lowest BCUT2D eigenvalue weighted by atomic mass is 10.0. The van der Waals surface area contributed by atoms with Crippen molar-refractivity contribution in [1.82, 2.24) is 0 Å². The maximum atomic E-state index is 10.8. The predicted molar refractivity (Wildman–Crippen MR) is 75.1 cm³/mol. The van der Waals surface area contributed by atoms with Gasteiger partial charge in [0.25, 0.3) is 0 Å². The standard InChI is InChI=1S/C10H10O2P2S2/c1-5-3-7(4-8(11)12)10(14-16)9(13-15)6(5)2/h3H,4H2,1-2H3,(H,11,12). The molecule has 0 saturated heterocycles. The molecule has 1 aromatic rings. The SMILES string of the molecule is Cc1cc(CC(=O)O)c(P=S)c(P=S)c1C. The van der Waals surface area contributed by atoms with Crippen LogP contribution < -0.4 is 10.6 Å². The lowest BCUT2D eigenvalue weighted by Gasteiger charge is -2.11. The van der Waals surface area contributed by atoms with Crippen LogP contribution >= 0.6 is 14.7 Å². The molecule has 1 aromatic carbocycles. The van der Waals surface area contributed by atoms with E-state index in [0.717, 1.165) is 34.7 Å². The fourth-order valence-corrected chi connectivity index (χ4v) is 4.54. The molecule has 0 aliphatic rings. The Morgan fingerprint density at radius 1 is 1.31 bits per heavy atom. The first kappa shape index (κ1) is 13.8. The molecule has 0 amide bonds. The van der Waals surface area contributed by atoms with Gasteiger partial charge in [0.05, 0.1) is 6.42 Å². The van der Waals surface area contributed by atoms with Crippen LogP contribution in [-0.2, 0) is 34.8 Å². The highest BCUT2D eigenvalue weighted by atomic mass is 32.4. The summed E-state index contributed by atoms with van der Waals surface area (Å²) in [5.74, 6) is -0.838. The molecule has 0 aliphatic heterocycles. The van der Waals surface area contributed by atoms with Crippen LogP contribution in [0.3, 0.4) is 0 Å². The van der Waals surface area contributed by atoms with Gasteiger partial charge in [-0.3, -0.25) is 4.79 Å². The van der Waals surface area contributed by atoms with E-state index in [0.29, 0.717) is 7.36 Å². The number of aliphatic carboxylic acids is 1. The Kier molecular flexibility index (Phi) is 5.07. The zero-order chi connectivity index (χ0) is 12.3. The lowest BCUT2D eigenvalue weighted by molar-refractivity contribution is -0.136. The van der Waals surface area contributed by atoms with Crippen LogP contribution in [0.15, 0.2) is 6.07 Å². The molecule has 0 fully saturated rings. The Morgan fingerprint density at radius 3 is 2.31 bits per heavy atom. The molecule has 0 aliphatic carbocycles. The summed E-state index contributed by atoms with van der Waals surface area (Å²) in [5.41, 5.74) is 2.99. The second-order valence-electron chi connectivity index (χ2n) is 3.43. The number of benzene rings is 1. The Morgan fingerprint density at radius 2 is 1.88 bits per heavy atom. The van der Waals surface area contributed by atoms with Crippen LogP contribution in [-0.4, -0.2) is 11.1 Å². The zero-order valence-electron chi connectivity index (χ0n) is 8.85. The van der Waals surface area contributed by atoms with Crippen molar-refractivity contribution in [3.8, 4) is 0 Å². The number of carboxylic acids is 1. The van der Waals surface area contributed by atoms with Crippen LogP contribution in [0.25, 0.3) is 0 Å². The monoisotopic (exact) mass is 288 g/mol. The third-order valence-electron chi connectivity index (χ3n) is 2.39. The largest absolute Gasteiger partial charge is 0.481 e. The van der Waals surface area contributed by atoms with Gasteiger partial charge in [-0.05, 0) is 30.5 Å². The summed E-state index contributed by atoms with van der Waals surface area (Å²) < 4.78 is 0. The van der Waals surface area contributed by atoms with Gasteiger partial charge in [0.2, 0.25) is 0 Å². The molecule has 0 saturated carbocycles.